The molecule has 25 heavy (non-hydrogen) atoms. The summed E-state index contributed by atoms with van der Waals surface area (Å²) in [5.74, 6) is 0.582. The highest BCUT2D eigenvalue weighted by atomic mass is 19.1. The number of halogens is 1. The van der Waals surface area contributed by atoms with E-state index in [1.807, 2.05) is 4.90 Å². The van der Waals surface area contributed by atoms with Crippen molar-refractivity contribution in [3.63, 3.8) is 0 Å². The summed E-state index contributed by atoms with van der Waals surface area (Å²) in [5, 5.41) is 8.84. The molecule has 0 radical (unpaired) electrons. The quantitative estimate of drug-likeness (QED) is 0.855. The molecule has 4 nitrogen and oxygen atoms in total. The third-order valence-electron chi connectivity index (χ3n) is 4.37. The number of rotatable bonds is 4. The van der Waals surface area contributed by atoms with Gasteiger partial charge in [-0.25, -0.2) is 4.39 Å². The van der Waals surface area contributed by atoms with Crippen molar-refractivity contribution < 1.29 is 13.9 Å². The maximum Gasteiger partial charge on any atom is 0.253 e. The van der Waals surface area contributed by atoms with Crippen LogP contribution in [0.2, 0.25) is 0 Å². The van der Waals surface area contributed by atoms with Crippen molar-refractivity contribution in [2.24, 2.45) is 5.92 Å². The van der Waals surface area contributed by atoms with Crippen LogP contribution in [-0.4, -0.2) is 30.5 Å². The van der Waals surface area contributed by atoms with Gasteiger partial charge in [-0.1, -0.05) is 0 Å². The zero-order chi connectivity index (χ0) is 17.6. The van der Waals surface area contributed by atoms with Crippen molar-refractivity contribution >= 4 is 5.91 Å². The summed E-state index contributed by atoms with van der Waals surface area (Å²) in [6.45, 7) is 1.87. The van der Waals surface area contributed by atoms with Crippen LogP contribution in [0.4, 0.5) is 4.39 Å². The van der Waals surface area contributed by atoms with E-state index in [1.54, 1.807) is 36.4 Å². The third-order valence-corrected chi connectivity index (χ3v) is 4.37. The minimum Gasteiger partial charge on any atom is -0.493 e. The molecule has 0 saturated carbocycles. The van der Waals surface area contributed by atoms with Crippen molar-refractivity contribution in [1.29, 1.82) is 5.26 Å². The van der Waals surface area contributed by atoms with E-state index in [2.05, 4.69) is 6.07 Å². The Morgan fingerprint density at radius 1 is 1.20 bits per heavy atom. The minimum absolute atomic E-state index is 0.0176. The van der Waals surface area contributed by atoms with Gasteiger partial charge in [-0.05, 0) is 61.4 Å². The standard InChI is InChI=1S/C20H19FN2O2/c21-18-7-9-19(10-8-18)25-14-16-2-1-11-23(13-16)20(24)17-5-3-15(12-22)4-6-17/h3-10,16H,1-2,11,13-14H2/t16-/m1/s1. The molecule has 2 aromatic carbocycles. The molecule has 0 bridgehead atoms. The third kappa shape index (κ3) is 4.36. The molecule has 1 fully saturated rings. The molecule has 0 spiro atoms. The smallest absolute Gasteiger partial charge is 0.253 e. The van der Waals surface area contributed by atoms with Crippen LogP contribution in [0.5, 0.6) is 5.75 Å². The van der Waals surface area contributed by atoms with Crippen molar-refractivity contribution in [2.75, 3.05) is 19.7 Å². The lowest BCUT2D eigenvalue weighted by atomic mass is 9.98. The first-order valence-electron chi connectivity index (χ1n) is 8.33. The number of amides is 1. The highest BCUT2D eigenvalue weighted by Crippen LogP contribution is 2.21. The van der Waals surface area contributed by atoms with Gasteiger partial charge in [-0.15, -0.1) is 0 Å². The van der Waals surface area contributed by atoms with Gasteiger partial charge in [-0.3, -0.25) is 4.79 Å². The van der Waals surface area contributed by atoms with Gasteiger partial charge in [0.15, 0.2) is 0 Å². The molecule has 1 amide bonds. The Labute approximate surface area is 146 Å². The van der Waals surface area contributed by atoms with Gasteiger partial charge in [0.05, 0.1) is 18.2 Å². The molecule has 1 heterocycles. The first kappa shape index (κ1) is 17.0. The van der Waals surface area contributed by atoms with Crippen molar-refractivity contribution in [2.45, 2.75) is 12.8 Å². The monoisotopic (exact) mass is 338 g/mol. The van der Waals surface area contributed by atoms with Crippen LogP contribution >= 0.6 is 0 Å². The molecule has 0 N–H and O–H groups in total. The van der Waals surface area contributed by atoms with Crippen molar-refractivity contribution in [1.82, 2.24) is 4.90 Å². The number of hydrogen-bond donors (Lipinski definition) is 0. The highest BCUT2D eigenvalue weighted by Gasteiger charge is 2.25. The lowest BCUT2D eigenvalue weighted by Crippen LogP contribution is -2.41. The number of likely N-dealkylation sites (tertiary alicyclic amines) is 1. The van der Waals surface area contributed by atoms with E-state index in [9.17, 15) is 9.18 Å². The molecular weight excluding hydrogens is 319 g/mol. The average Bonchev–Trinajstić information content (AvgIpc) is 2.67. The van der Waals surface area contributed by atoms with Crippen LogP contribution in [0.1, 0.15) is 28.8 Å². The number of piperidine rings is 1. The number of carbonyl (C=O) groups is 1. The zero-order valence-electron chi connectivity index (χ0n) is 13.8. The molecule has 2 aromatic rings. The number of ether oxygens (including phenoxy) is 1. The van der Waals surface area contributed by atoms with E-state index >= 15 is 0 Å². The van der Waals surface area contributed by atoms with Gasteiger partial charge in [-0.2, -0.15) is 5.26 Å². The topological polar surface area (TPSA) is 53.3 Å². The Balaban J connectivity index is 1.57. The first-order chi connectivity index (χ1) is 12.2. The SMILES string of the molecule is N#Cc1ccc(C(=O)N2CCC[C@@H](COc3ccc(F)cc3)C2)cc1. The summed E-state index contributed by atoms with van der Waals surface area (Å²) >= 11 is 0. The van der Waals surface area contributed by atoms with E-state index in [-0.39, 0.29) is 17.6 Å². The minimum atomic E-state index is -0.288. The molecule has 0 aromatic heterocycles. The summed E-state index contributed by atoms with van der Waals surface area (Å²) in [5.41, 5.74) is 1.14. The summed E-state index contributed by atoms with van der Waals surface area (Å²) < 4.78 is 18.6. The van der Waals surface area contributed by atoms with E-state index < -0.39 is 0 Å². The normalized spacial score (nSPS) is 17.0. The summed E-state index contributed by atoms with van der Waals surface area (Å²) in [6, 6.07) is 14.7. The Bertz CT molecular complexity index is 766. The molecule has 1 aliphatic rings. The predicted octanol–water partition coefficient (Wildman–Crippen LogP) is 3.63. The highest BCUT2D eigenvalue weighted by molar-refractivity contribution is 5.94. The predicted molar refractivity (Wildman–Crippen MR) is 91.7 cm³/mol. The van der Waals surface area contributed by atoms with Gasteiger partial charge < -0.3 is 9.64 Å². The number of nitriles is 1. The largest absolute Gasteiger partial charge is 0.493 e. The lowest BCUT2D eigenvalue weighted by Gasteiger charge is -2.32. The lowest BCUT2D eigenvalue weighted by molar-refractivity contribution is 0.0633. The molecule has 1 saturated heterocycles. The fourth-order valence-electron chi connectivity index (χ4n) is 3.00. The number of hydrogen-bond acceptors (Lipinski definition) is 3. The molecule has 0 aliphatic carbocycles. The van der Waals surface area contributed by atoms with Crippen LogP contribution in [0.15, 0.2) is 48.5 Å². The average molecular weight is 338 g/mol. The van der Waals surface area contributed by atoms with Gasteiger partial charge in [0.2, 0.25) is 0 Å². The second-order valence-corrected chi connectivity index (χ2v) is 6.21. The summed E-state index contributed by atoms with van der Waals surface area (Å²) in [4.78, 5) is 14.5. The Morgan fingerprint density at radius 2 is 1.92 bits per heavy atom. The second kappa shape index (κ2) is 7.80. The second-order valence-electron chi connectivity index (χ2n) is 6.21. The molecule has 0 unspecified atom stereocenters. The molecule has 5 heteroatoms. The van der Waals surface area contributed by atoms with E-state index in [0.717, 1.165) is 19.4 Å². The van der Waals surface area contributed by atoms with Crippen LogP contribution in [0.3, 0.4) is 0 Å². The molecule has 1 atom stereocenters. The molecular formula is C20H19FN2O2. The van der Waals surface area contributed by atoms with Crippen molar-refractivity contribution in [3.05, 3.63) is 65.5 Å². The van der Waals surface area contributed by atoms with Crippen LogP contribution in [0, 0.1) is 23.1 Å². The van der Waals surface area contributed by atoms with Crippen LogP contribution in [0.25, 0.3) is 0 Å². The number of carbonyl (C=O) groups excluding carboxylic acids is 1. The number of nitrogens with zero attached hydrogens (tertiary/aromatic N) is 2. The zero-order valence-corrected chi connectivity index (χ0v) is 13.8. The summed E-state index contributed by atoms with van der Waals surface area (Å²) in [6.07, 6.45) is 1.93. The van der Waals surface area contributed by atoms with Crippen LogP contribution in [-0.2, 0) is 0 Å². The van der Waals surface area contributed by atoms with E-state index in [0.29, 0.717) is 30.0 Å². The first-order valence-corrected chi connectivity index (χ1v) is 8.33. The van der Waals surface area contributed by atoms with E-state index in [1.165, 1.54) is 12.1 Å². The van der Waals surface area contributed by atoms with Gasteiger partial charge in [0.1, 0.15) is 11.6 Å². The number of benzene rings is 2. The summed E-state index contributed by atoms with van der Waals surface area (Å²) in [7, 11) is 0. The van der Waals surface area contributed by atoms with Gasteiger partial charge in [0.25, 0.3) is 5.91 Å². The van der Waals surface area contributed by atoms with Gasteiger partial charge in [0, 0.05) is 24.6 Å². The van der Waals surface area contributed by atoms with Crippen molar-refractivity contribution in [3.8, 4) is 11.8 Å². The maximum absolute atomic E-state index is 12.9. The molecule has 128 valence electrons. The Kier molecular flexibility index (Phi) is 5.30. The molecule has 1 aliphatic heterocycles. The molecule has 3 rings (SSSR count). The van der Waals surface area contributed by atoms with Crippen LogP contribution < -0.4 is 4.74 Å². The maximum atomic E-state index is 12.9. The fourth-order valence-corrected chi connectivity index (χ4v) is 3.00. The van der Waals surface area contributed by atoms with E-state index in [4.69, 9.17) is 10.00 Å². The fraction of sp³-hybridized carbons (Fsp3) is 0.300. The Morgan fingerprint density at radius 3 is 2.60 bits per heavy atom. The Hall–Kier alpha value is -2.87. The van der Waals surface area contributed by atoms with Gasteiger partial charge >= 0.3 is 0 Å².